The van der Waals surface area contributed by atoms with Gasteiger partial charge in [0.1, 0.15) is 6.04 Å². The summed E-state index contributed by atoms with van der Waals surface area (Å²) in [5.74, 6) is -3.04. The van der Waals surface area contributed by atoms with E-state index in [-0.39, 0.29) is 6.54 Å². The van der Waals surface area contributed by atoms with Gasteiger partial charge in [0.25, 0.3) is 0 Å². The van der Waals surface area contributed by atoms with Gasteiger partial charge in [-0.05, 0) is 6.07 Å². The summed E-state index contributed by atoms with van der Waals surface area (Å²) in [5, 5.41) is 19.5. The molecule has 0 radical (unpaired) electrons. The summed E-state index contributed by atoms with van der Waals surface area (Å²) >= 11 is 0. The molecule has 1 rings (SSSR count). The number of rotatable bonds is 7. The van der Waals surface area contributed by atoms with Gasteiger partial charge in [0.15, 0.2) is 0 Å². The molecule has 0 aromatic carbocycles. The molecule has 0 aliphatic rings. The minimum atomic E-state index is -1.47. The molecule has 20 heavy (non-hydrogen) atoms. The highest BCUT2D eigenvalue weighted by Crippen LogP contribution is 2.01. The van der Waals surface area contributed by atoms with Crippen molar-refractivity contribution in [3.8, 4) is 0 Å². The van der Waals surface area contributed by atoms with Crippen molar-refractivity contribution in [2.75, 3.05) is 18.5 Å². The number of nitrogens with one attached hydrogen (secondary N) is 1. The lowest BCUT2D eigenvalue weighted by atomic mass is 10.2. The molecule has 0 saturated heterocycles. The van der Waals surface area contributed by atoms with E-state index >= 15 is 0 Å². The number of likely N-dealkylation sites (N-methyl/N-ethyl adjacent to an activating group) is 1. The zero-order valence-corrected chi connectivity index (χ0v) is 10.7. The lowest BCUT2D eigenvalue weighted by Gasteiger charge is -2.18. The topological polar surface area (TPSA) is 133 Å². The van der Waals surface area contributed by atoms with E-state index in [2.05, 4.69) is 15.3 Å². The Kier molecular flexibility index (Phi) is 5.39. The molecular formula is C11H14N4O5. The van der Waals surface area contributed by atoms with Crippen LogP contribution in [0, 0.1) is 0 Å². The fourth-order valence-corrected chi connectivity index (χ4v) is 1.39. The monoisotopic (exact) mass is 282 g/mol. The molecule has 1 amide bonds. The number of aromatic nitrogens is 2. The maximum absolute atomic E-state index is 11.7. The largest absolute Gasteiger partial charge is 0.481 e. The van der Waals surface area contributed by atoms with Crippen molar-refractivity contribution < 1.29 is 24.6 Å². The van der Waals surface area contributed by atoms with Crippen LogP contribution in [0.3, 0.4) is 0 Å². The van der Waals surface area contributed by atoms with Gasteiger partial charge in [-0.15, -0.1) is 0 Å². The highest BCUT2D eigenvalue weighted by molar-refractivity contribution is 5.88. The second kappa shape index (κ2) is 7.02. The molecule has 0 aliphatic heterocycles. The van der Waals surface area contributed by atoms with E-state index in [9.17, 15) is 14.4 Å². The smallest absolute Gasteiger partial charge is 0.326 e. The van der Waals surface area contributed by atoms with Crippen LogP contribution in [0.1, 0.15) is 6.42 Å². The Hall–Kier alpha value is -2.71. The van der Waals surface area contributed by atoms with Crippen molar-refractivity contribution >= 4 is 23.8 Å². The predicted octanol–water partition coefficient (Wildman–Crippen LogP) is -1.04. The van der Waals surface area contributed by atoms with Crippen LogP contribution in [0.4, 0.5) is 5.95 Å². The fourth-order valence-electron chi connectivity index (χ4n) is 1.39. The highest BCUT2D eigenvalue weighted by atomic mass is 16.4. The summed E-state index contributed by atoms with van der Waals surface area (Å²) < 4.78 is 0. The van der Waals surface area contributed by atoms with E-state index in [1.54, 1.807) is 13.1 Å². The van der Waals surface area contributed by atoms with Crippen LogP contribution in [0.25, 0.3) is 0 Å². The minimum Gasteiger partial charge on any atom is -0.481 e. The zero-order chi connectivity index (χ0) is 15.1. The third-order valence-corrected chi connectivity index (χ3v) is 2.29. The Morgan fingerprint density at radius 3 is 2.40 bits per heavy atom. The summed E-state index contributed by atoms with van der Waals surface area (Å²) in [6, 6.07) is 0.148. The van der Waals surface area contributed by atoms with Gasteiger partial charge < -0.3 is 20.4 Å². The van der Waals surface area contributed by atoms with E-state index in [0.29, 0.717) is 5.95 Å². The number of nitrogens with zero attached hydrogens (tertiary/aromatic N) is 3. The third kappa shape index (κ3) is 4.88. The fraction of sp³-hybridized carbons (Fsp3) is 0.364. The van der Waals surface area contributed by atoms with Crippen molar-refractivity contribution in [2.24, 2.45) is 0 Å². The van der Waals surface area contributed by atoms with Gasteiger partial charge in [-0.3, -0.25) is 9.59 Å². The molecule has 1 aromatic rings. The maximum atomic E-state index is 11.7. The van der Waals surface area contributed by atoms with Gasteiger partial charge >= 0.3 is 11.9 Å². The number of hydrogen-bond donors (Lipinski definition) is 3. The van der Waals surface area contributed by atoms with Gasteiger partial charge in [-0.2, -0.15) is 0 Å². The van der Waals surface area contributed by atoms with Crippen molar-refractivity contribution in [3.05, 3.63) is 18.5 Å². The standard InChI is InChI=1S/C11H14N4O5/c1-15(11-12-3-2-4-13-11)6-8(16)14-7(10(19)20)5-9(17)18/h2-4,7H,5-6H2,1H3,(H,14,16)(H,17,18)(H,19,20)/t7-/m0/s1. The minimum absolute atomic E-state index is 0.187. The molecule has 108 valence electrons. The second-order valence-corrected chi connectivity index (χ2v) is 3.96. The SMILES string of the molecule is CN(CC(=O)N[C@@H](CC(=O)O)C(=O)O)c1ncccn1. The van der Waals surface area contributed by atoms with Crippen molar-refractivity contribution in [3.63, 3.8) is 0 Å². The number of carboxylic acid groups (broad SMARTS) is 2. The maximum Gasteiger partial charge on any atom is 0.326 e. The van der Waals surface area contributed by atoms with E-state index in [1.807, 2.05) is 0 Å². The zero-order valence-electron chi connectivity index (χ0n) is 10.7. The summed E-state index contributed by atoms with van der Waals surface area (Å²) in [4.78, 5) is 42.2. The molecule has 9 nitrogen and oxygen atoms in total. The molecular weight excluding hydrogens is 268 g/mol. The van der Waals surface area contributed by atoms with Crippen LogP contribution < -0.4 is 10.2 Å². The van der Waals surface area contributed by atoms with Crippen molar-refractivity contribution in [1.82, 2.24) is 15.3 Å². The number of carboxylic acids is 2. The average molecular weight is 282 g/mol. The van der Waals surface area contributed by atoms with E-state index in [4.69, 9.17) is 10.2 Å². The van der Waals surface area contributed by atoms with Crippen molar-refractivity contribution in [2.45, 2.75) is 12.5 Å². The first kappa shape index (κ1) is 15.3. The number of aliphatic carboxylic acids is 2. The Morgan fingerprint density at radius 2 is 1.90 bits per heavy atom. The second-order valence-electron chi connectivity index (χ2n) is 3.96. The number of carbonyl (C=O) groups excluding carboxylic acids is 1. The molecule has 0 aliphatic carbocycles. The van der Waals surface area contributed by atoms with E-state index in [0.717, 1.165) is 0 Å². The van der Waals surface area contributed by atoms with Gasteiger partial charge in [0.05, 0.1) is 13.0 Å². The molecule has 0 bridgehead atoms. The third-order valence-electron chi connectivity index (χ3n) is 2.29. The van der Waals surface area contributed by atoms with Gasteiger partial charge in [-0.1, -0.05) is 0 Å². The van der Waals surface area contributed by atoms with Crippen LogP contribution in [0.2, 0.25) is 0 Å². The number of amides is 1. The molecule has 9 heteroatoms. The molecule has 0 unspecified atom stereocenters. The van der Waals surface area contributed by atoms with E-state index in [1.165, 1.54) is 17.3 Å². The summed E-state index contributed by atoms with van der Waals surface area (Å²) in [6.45, 7) is -0.187. The van der Waals surface area contributed by atoms with Crippen LogP contribution in [-0.4, -0.2) is 57.7 Å². The molecule has 0 spiro atoms. The normalized spacial score (nSPS) is 11.4. The highest BCUT2D eigenvalue weighted by Gasteiger charge is 2.23. The first-order valence-electron chi connectivity index (χ1n) is 5.62. The van der Waals surface area contributed by atoms with Gasteiger partial charge in [0.2, 0.25) is 11.9 Å². The van der Waals surface area contributed by atoms with Gasteiger partial charge in [-0.25, -0.2) is 14.8 Å². The molecule has 1 aromatic heterocycles. The predicted molar refractivity (Wildman–Crippen MR) is 67.1 cm³/mol. The molecule has 3 N–H and O–H groups in total. The van der Waals surface area contributed by atoms with Crippen LogP contribution in [0.15, 0.2) is 18.5 Å². The Bertz CT molecular complexity index is 493. The molecule has 1 heterocycles. The first-order valence-corrected chi connectivity index (χ1v) is 5.62. The van der Waals surface area contributed by atoms with Gasteiger partial charge in [0, 0.05) is 19.4 Å². The number of hydrogen-bond acceptors (Lipinski definition) is 6. The van der Waals surface area contributed by atoms with Crippen molar-refractivity contribution in [1.29, 1.82) is 0 Å². The Morgan fingerprint density at radius 1 is 1.30 bits per heavy atom. The van der Waals surface area contributed by atoms with Crippen LogP contribution >= 0.6 is 0 Å². The van der Waals surface area contributed by atoms with Crippen LogP contribution in [0.5, 0.6) is 0 Å². The van der Waals surface area contributed by atoms with Crippen LogP contribution in [-0.2, 0) is 14.4 Å². The lowest BCUT2D eigenvalue weighted by Crippen LogP contribution is -2.46. The average Bonchev–Trinajstić information content (AvgIpc) is 2.38. The number of anilines is 1. The summed E-state index contributed by atoms with van der Waals surface area (Å²) in [7, 11) is 1.56. The lowest BCUT2D eigenvalue weighted by molar-refractivity contribution is -0.147. The molecule has 1 atom stereocenters. The quantitative estimate of drug-likeness (QED) is 0.577. The number of carbonyl (C=O) groups is 3. The summed E-state index contributed by atoms with van der Waals surface area (Å²) in [5.41, 5.74) is 0. The molecule has 0 fully saturated rings. The molecule has 0 saturated carbocycles. The summed E-state index contributed by atoms with van der Waals surface area (Å²) in [6.07, 6.45) is 2.31. The van der Waals surface area contributed by atoms with E-state index < -0.39 is 30.3 Å². The Labute approximate surface area is 114 Å². The Balaban J connectivity index is 2.57. The first-order chi connectivity index (χ1) is 9.40.